The predicted octanol–water partition coefficient (Wildman–Crippen LogP) is 5.94. The lowest BCUT2D eigenvalue weighted by Gasteiger charge is -2.05. The third-order valence-corrected chi connectivity index (χ3v) is 4.54. The summed E-state index contributed by atoms with van der Waals surface area (Å²) in [5, 5.41) is 8.97. The molecule has 148 valence electrons. The van der Waals surface area contributed by atoms with Crippen molar-refractivity contribution in [2.24, 2.45) is 0 Å². The van der Waals surface area contributed by atoms with Crippen LogP contribution in [0.1, 0.15) is 17.0 Å². The summed E-state index contributed by atoms with van der Waals surface area (Å²) in [6, 6.07) is 26.5. The van der Waals surface area contributed by atoms with E-state index in [1.807, 2.05) is 67.6 Å². The van der Waals surface area contributed by atoms with Crippen LogP contribution in [0.3, 0.4) is 0 Å². The summed E-state index contributed by atoms with van der Waals surface area (Å²) >= 11 is 0. The molecule has 0 saturated carbocycles. The van der Waals surface area contributed by atoms with Crippen LogP contribution in [-0.2, 0) is 6.42 Å². The molecule has 1 heterocycles. The van der Waals surface area contributed by atoms with Crippen LogP contribution in [0.4, 0.5) is 0 Å². The Balaban J connectivity index is 1.39. The molecule has 0 aliphatic rings. The molecule has 0 N–H and O–H groups in total. The average molecular weight is 396 g/mol. The van der Waals surface area contributed by atoms with E-state index in [9.17, 15) is 0 Å². The van der Waals surface area contributed by atoms with Gasteiger partial charge in [0.25, 0.3) is 0 Å². The minimum absolute atomic E-state index is 0.450. The van der Waals surface area contributed by atoms with Crippen LogP contribution in [0, 0.1) is 18.3 Å². The SMILES string of the molecule is Cc1oc(-c2ccc(Oc3ccccc3)cc2)nc1CCOc1cccc(C#N)c1. The molecule has 3 aromatic carbocycles. The first-order chi connectivity index (χ1) is 14.7. The third-order valence-electron chi connectivity index (χ3n) is 4.54. The van der Waals surface area contributed by atoms with Gasteiger partial charge >= 0.3 is 0 Å². The van der Waals surface area contributed by atoms with Crippen LogP contribution in [0.25, 0.3) is 11.5 Å². The van der Waals surface area contributed by atoms with Gasteiger partial charge in [-0.25, -0.2) is 4.98 Å². The topological polar surface area (TPSA) is 68.3 Å². The first kappa shape index (κ1) is 19.3. The molecule has 0 unspecified atom stereocenters. The molecule has 0 atom stereocenters. The normalized spacial score (nSPS) is 10.4. The van der Waals surface area contributed by atoms with Gasteiger partial charge in [-0.05, 0) is 61.5 Å². The molecule has 0 bridgehead atoms. The van der Waals surface area contributed by atoms with E-state index in [0.717, 1.165) is 28.5 Å². The highest BCUT2D eigenvalue weighted by molar-refractivity contribution is 5.55. The molecule has 30 heavy (non-hydrogen) atoms. The second-order valence-electron chi connectivity index (χ2n) is 6.70. The van der Waals surface area contributed by atoms with E-state index in [1.165, 1.54) is 0 Å². The predicted molar refractivity (Wildman–Crippen MR) is 114 cm³/mol. The van der Waals surface area contributed by atoms with E-state index >= 15 is 0 Å². The number of oxazole rings is 1. The van der Waals surface area contributed by atoms with Gasteiger partial charge in [0.2, 0.25) is 5.89 Å². The number of rotatable bonds is 7. The van der Waals surface area contributed by atoms with Crippen LogP contribution in [0.15, 0.2) is 83.3 Å². The van der Waals surface area contributed by atoms with Crippen molar-refractivity contribution in [2.45, 2.75) is 13.3 Å². The fourth-order valence-corrected chi connectivity index (χ4v) is 2.99. The Kier molecular flexibility index (Phi) is 5.77. The summed E-state index contributed by atoms with van der Waals surface area (Å²) < 4.78 is 17.4. The molecule has 5 nitrogen and oxygen atoms in total. The minimum atomic E-state index is 0.450. The maximum absolute atomic E-state index is 8.97. The van der Waals surface area contributed by atoms with Crippen LogP contribution < -0.4 is 9.47 Å². The number of benzene rings is 3. The number of hydrogen-bond acceptors (Lipinski definition) is 5. The van der Waals surface area contributed by atoms with Crippen LogP contribution in [0.5, 0.6) is 17.2 Å². The standard InChI is InChI=1S/C25H20N2O3/c1-18-24(14-15-28-23-9-5-6-19(16-23)17-26)27-25(29-18)20-10-12-22(13-11-20)30-21-7-3-2-4-8-21/h2-13,16H,14-15H2,1H3. The van der Waals surface area contributed by atoms with E-state index in [2.05, 4.69) is 11.1 Å². The molecular formula is C25H20N2O3. The van der Waals surface area contributed by atoms with Gasteiger partial charge in [0, 0.05) is 12.0 Å². The Bertz CT molecular complexity index is 1160. The zero-order valence-electron chi connectivity index (χ0n) is 16.5. The van der Waals surface area contributed by atoms with Gasteiger partial charge in [0.15, 0.2) is 0 Å². The first-order valence-corrected chi connectivity index (χ1v) is 9.64. The second kappa shape index (κ2) is 8.97. The lowest BCUT2D eigenvalue weighted by molar-refractivity contribution is 0.320. The Morgan fingerprint density at radius 3 is 2.40 bits per heavy atom. The highest BCUT2D eigenvalue weighted by Gasteiger charge is 2.12. The molecular weight excluding hydrogens is 376 g/mol. The second-order valence-corrected chi connectivity index (χ2v) is 6.70. The van der Waals surface area contributed by atoms with E-state index < -0.39 is 0 Å². The fourth-order valence-electron chi connectivity index (χ4n) is 2.99. The van der Waals surface area contributed by atoms with Gasteiger partial charge in [-0.1, -0.05) is 24.3 Å². The molecule has 5 heteroatoms. The molecule has 0 amide bonds. The number of para-hydroxylation sites is 1. The summed E-state index contributed by atoms with van der Waals surface area (Å²) in [6.45, 7) is 2.35. The summed E-state index contributed by atoms with van der Waals surface area (Å²) in [7, 11) is 0. The Morgan fingerprint density at radius 2 is 1.63 bits per heavy atom. The smallest absolute Gasteiger partial charge is 0.226 e. The number of aryl methyl sites for hydroxylation is 1. The highest BCUT2D eigenvalue weighted by Crippen LogP contribution is 2.27. The highest BCUT2D eigenvalue weighted by atomic mass is 16.5. The van der Waals surface area contributed by atoms with E-state index in [0.29, 0.717) is 30.2 Å². The Morgan fingerprint density at radius 1 is 0.900 bits per heavy atom. The maximum atomic E-state index is 8.97. The third kappa shape index (κ3) is 4.68. The van der Waals surface area contributed by atoms with Gasteiger partial charge in [-0.3, -0.25) is 0 Å². The van der Waals surface area contributed by atoms with E-state index in [-0.39, 0.29) is 0 Å². The number of ether oxygens (including phenoxy) is 2. The monoisotopic (exact) mass is 396 g/mol. The molecule has 0 aliphatic heterocycles. The molecule has 0 radical (unpaired) electrons. The van der Waals surface area contributed by atoms with Crippen LogP contribution >= 0.6 is 0 Å². The summed E-state index contributed by atoms with van der Waals surface area (Å²) in [6.07, 6.45) is 0.612. The van der Waals surface area contributed by atoms with Crippen molar-refractivity contribution in [3.8, 4) is 34.8 Å². The van der Waals surface area contributed by atoms with Crippen molar-refractivity contribution in [3.63, 3.8) is 0 Å². The molecule has 0 spiro atoms. The number of aromatic nitrogens is 1. The quantitative estimate of drug-likeness (QED) is 0.387. The zero-order valence-corrected chi connectivity index (χ0v) is 16.5. The summed E-state index contributed by atoms with van der Waals surface area (Å²) in [5.74, 6) is 3.55. The number of nitrogens with zero attached hydrogens (tertiary/aromatic N) is 2. The average Bonchev–Trinajstić information content (AvgIpc) is 3.15. The zero-order chi connectivity index (χ0) is 20.8. The molecule has 0 aliphatic carbocycles. The summed E-state index contributed by atoms with van der Waals surface area (Å²) in [4.78, 5) is 4.62. The van der Waals surface area contributed by atoms with Crippen LogP contribution in [0.2, 0.25) is 0 Å². The van der Waals surface area contributed by atoms with Crippen molar-refractivity contribution < 1.29 is 13.9 Å². The maximum Gasteiger partial charge on any atom is 0.226 e. The minimum Gasteiger partial charge on any atom is -0.493 e. The van der Waals surface area contributed by atoms with Crippen molar-refractivity contribution in [1.29, 1.82) is 5.26 Å². The lowest BCUT2D eigenvalue weighted by atomic mass is 10.2. The van der Waals surface area contributed by atoms with Gasteiger partial charge in [0.1, 0.15) is 23.0 Å². The largest absolute Gasteiger partial charge is 0.493 e. The fraction of sp³-hybridized carbons (Fsp3) is 0.120. The van der Waals surface area contributed by atoms with Crippen molar-refractivity contribution in [3.05, 3.63) is 95.9 Å². The number of hydrogen-bond donors (Lipinski definition) is 0. The van der Waals surface area contributed by atoms with Gasteiger partial charge < -0.3 is 13.9 Å². The van der Waals surface area contributed by atoms with Crippen molar-refractivity contribution in [1.82, 2.24) is 4.98 Å². The Hall–Kier alpha value is -4.04. The molecule has 0 fully saturated rings. The van der Waals surface area contributed by atoms with Gasteiger partial charge in [0.05, 0.1) is 23.9 Å². The summed E-state index contributed by atoms with van der Waals surface area (Å²) in [5.41, 5.74) is 2.31. The lowest BCUT2D eigenvalue weighted by Crippen LogP contribution is -2.02. The van der Waals surface area contributed by atoms with Crippen molar-refractivity contribution >= 4 is 0 Å². The molecule has 1 aromatic heterocycles. The van der Waals surface area contributed by atoms with E-state index in [4.69, 9.17) is 19.2 Å². The van der Waals surface area contributed by atoms with Crippen molar-refractivity contribution in [2.75, 3.05) is 6.61 Å². The molecule has 4 rings (SSSR count). The van der Waals surface area contributed by atoms with Crippen LogP contribution in [-0.4, -0.2) is 11.6 Å². The number of nitriles is 1. The molecule has 4 aromatic rings. The Labute approximate surface area is 175 Å². The van der Waals surface area contributed by atoms with Gasteiger partial charge in [-0.2, -0.15) is 5.26 Å². The van der Waals surface area contributed by atoms with E-state index in [1.54, 1.807) is 18.2 Å². The first-order valence-electron chi connectivity index (χ1n) is 9.64. The molecule has 0 saturated heterocycles. The van der Waals surface area contributed by atoms with Gasteiger partial charge in [-0.15, -0.1) is 0 Å².